The number of anilines is 1. The molecule has 1 aromatic carbocycles. The molecular formula is C17H18N4O2. The molecule has 0 saturated carbocycles. The van der Waals surface area contributed by atoms with Crippen molar-refractivity contribution in [1.29, 1.82) is 5.26 Å². The third-order valence-electron chi connectivity index (χ3n) is 4.10. The van der Waals surface area contributed by atoms with Gasteiger partial charge in [-0.3, -0.25) is 0 Å². The maximum atomic E-state index is 8.85. The highest BCUT2D eigenvalue weighted by Gasteiger charge is 2.29. The summed E-state index contributed by atoms with van der Waals surface area (Å²) in [5.74, 6) is 2.36. The van der Waals surface area contributed by atoms with Crippen molar-refractivity contribution in [2.45, 2.75) is 18.9 Å². The molecule has 0 spiro atoms. The second-order valence-electron chi connectivity index (χ2n) is 5.33. The van der Waals surface area contributed by atoms with E-state index in [1.54, 1.807) is 20.4 Å². The van der Waals surface area contributed by atoms with Crippen LogP contribution in [0.15, 0.2) is 30.6 Å². The van der Waals surface area contributed by atoms with Crippen LogP contribution >= 0.6 is 0 Å². The van der Waals surface area contributed by atoms with Crippen LogP contribution in [0.4, 0.5) is 5.82 Å². The zero-order valence-corrected chi connectivity index (χ0v) is 13.2. The van der Waals surface area contributed by atoms with Gasteiger partial charge in [0.2, 0.25) is 0 Å². The Morgan fingerprint density at radius 2 is 2.09 bits per heavy atom. The molecule has 23 heavy (non-hydrogen) atoms. The smallest absolute Gasteiger partial charge is 0.158 e. The van der Waals surface area contributed by atoms with Crippen LogP contribution < -0.4 is 14.4 Å². The fourth-order valence-corrected chi connectivity index (χ4v) is 2.99. The van der Waals surface area contributed by atoms with Crippen molar-refractivity contribution in [2.24, 2.45) is 0 Å². The Hall–Kier alpha value is -2.81. The molecule has 0 bridgehead atoms. The highest BCUT2D eigenvalue weighted by Crippen LogP contribution is 2.40. The van der Waals surface area contributed by atoms with E-state index in [0.717, 1.165) is 42.3 Å². The summed E-state index contributed by atoms with van der Waals surface area (Å²) in [6.07, 6.45) is 5.26. The maximum absolute atomic E-state index is 8.85. The van der Waals surface area contributed by atoms with Gasteiger partial charge in [-0.15, -0.1) is 0 Å². The van der Waals surface area contributed by atoms with Crippen molar-refractivity contribution in [1.82, 2.24) is 9.97 Å². The van der Waals surface area contributed by atoms with Crippen molar-refractivity contribution in [2.75, 3.05) is 25.7 Å². The first-order chi connectivity index (χ1) is 11.3. The molecule has 1 aromatic heterocycles. The fourth-order valence-electron chi connectivity index (χ4n) is 2.99. The first-order valence-electron chi connectivity index (χ1n) is 7.47. The molecular weight excluding hydrogens is 292 g/mol. The molecule has 1 unspecified atom stereocenters. The van der Waals surface area contributed by atoms with E-state index in [-0.39, 0.29) is 6.04 Å². The average molecular weight is 310 g/mol. The van der Waals surface area contributed by atoms with E-state index >= 15 is 0 Å². The van der Waals surface area contributed by atoms with E-state index in [4.69, 9.17) is 14.7 Å². The molecule has 1 aliphatic heterocycles. The highest BCUT2D eigenvalue weighted by atomic mass is 16.5. The summed E-state index contributed by atoms with van der Waals surface area (Å²) in [6, 6.07) is 8.05. The number of hydrogen-bond acceptors (Lipinski definition) is 6. The Morgan fingerprint density at radius 3 is 2.74 bits per heavy atom. The molecule has 2 heterocycles. The number of hydrogen-bond donors (Lipinski definition) is 0. The Labute approximate surface area is 135 Å². The van der Waals surface area contributed by atoms with Crippen LogP contribution in [0.5, 0.6) is 11.5 Å². The molecule has 0 N–H and O–H groups in total. The van der Waals surface area contributed by atoms with Crippen molar-refractivity contribution in [3.05, 3.63) is 41.9 Å². The van der Waals surface area contributed by atoms with Crippen LogP contribution in [0.1, 0.15) is 30.1 Å². The summed E-state index contributed by atoms with van der Waals surface area (Å²) in [4.78, 5) is 10.7. The minimum atomic E-state index is 0.179. The minimum absolute atomic E-state index is 0.179. The lowest BCUT2D eigenvalue weighted by Crippen LogP contribution is -2.24. The monoisotopic (exact) mass is 310 g/mol. The van der Waals surface area contributed by atoms with Crippen molar-refractivity contribution in [3.63, 3.8) is 0 Å². The van der Waals surface area contributed by atoms with Gasteiger partial charge in [-0.1, -0.05) is 0 Å². The van der Waals surface area contributed by atoms with Gasteiger partial charge in [0.15, 0.2) is 5.69 Å². The molecule has 1 saturated heterocycles. The molecule has 1 fully saturated rings. The second kappa shape index (κ2) is 6.53. The molecule has 2 aromatic rings. The zero-order valence-electron chi connectivity index (χ0n) is 13.2. The van der Waals surface area contributed by atoms with Crippen molar-refractivity contribution in [3.8, 4) is 17.6 Å². The van der Waals surface area contributed by atoms with Gasteiger partial charge in [-0.25, -0.2) is 9.97 Å². The number of nitriles is 1. The lowest BCUT2D eigenvalue weighted by atomic mass is 10.0. The van der Waals surface area contributed by atoms with Gasteiger partial charge < -0.3 is 14.4 Å². The summed E-state index contributed by atoms with van der Waals surface area (Å²) in [5, 5.41) is 8.85. The van der Waals surface area contributed by atoms with Crippen LogP contribution in [0.3, 0.4) is 0 Å². The molecule has 3 rings (SSSR count). The molecule has 118 valence electrons. The summed E-state index contributed by atoms with van der Waals surface area (Å²) in [7, 11) is 3.31. The number of ether oxygens (including phenoxy) is 2. The predicted molar refractivity (Wildman–Crippen MR) is 85.6 cm³/mol. The van der Waals surface area contributed by atoms with E-state index in [9.17, 15) is 0 Å². The van der Waals surface area contributed by atoms with Crippen molar-refractivity contribution < 1.29 is 9.47 Å². The van der Waals surface area contributed by atoms with Crippen LogP contribution in [-0.4, -0.2) is 30.7 Å². The molecule has 1 atom stereocenters. The fraction of sp³-hybridized carbons (Fsp3) is 0.353. The maximum Gasteiger partial charge on any atom is 0.158 e. The zero-order chi connectivity index (χ0) is 16.2. The summed E-state index contributed by atoms with van der Waals surface area (Å²) < 4.78 is 10.8. The topological polar surface area (TPSA) is 71.3 Å². The number of benzene rings is 1. The van der Waals surface area contributed by atoms with Crippen LogP contribution in [0.2, 0.25) is 0 Å². The lowest BCUT2D eigenvalue weighted by Gasteiger charge is -2.27. The van der Waals surface area contributed by atoms with Gasteiger partial charge in [0.1, 0.15) is 23.4 Å². The normalized spacial score (nSPS) is 16.9. The van der Waals surface area contributed by atoms with E-state index in [0.29, 0.717) is 5.69 Å². The summed E-state index contributed by atoms with van der Waals surface area (Å²) in [5.41, 5.74) is 1.43. The number of rotatable bonds is 4. The van der Waals surface area contributed by atoms with Gasteiger partial charge >= 0.3 is 0 Å². The van der Waals surface area contributed by atoms with E-state index in [1.165, 1.54) is 6.20 Å². The van der Waals surface area contributed by atoms with Crippen molar-refractivity contribution >= 4 is 5.82 Å². The molecule has 6 nitrogen and oxygen atoms in total. The van der Waals surface area contributed by atoms with Gasteiger partial charge in [-0.05, 0) is 25.0 Å². The number of nitrogens with zero attached hydrogens (tertiary/aromatic N) is 4. The number of aromatic nitrogens is 2. The van der Waals surface area contributed by atoms with Crippen LogP contribution in [0, 0.1) is 11.3 Å². The molecule has 1 aliphatic rings. The first-order valence-corrected chi connectivity index (χ1v) is 7.47. The van der Waals surface area contributed by atoms with Gasteiger partial charge in [0.05, 0.1) is 32.7 Å². The third kappa shape index (κ3) is 2.90. The summed E-state index contributed by atoms with van der Waals surface area (Å²) >= 11 is 0. The SMILES string of the molecule is COc1ccc(C2CCCN2c2cnc(C#N)cn2)c(OC)c1. The van der Waals surface area contributed by atoms with E-state index in [1.807, 2.05) is 24.3 Å². The highest BCUT2D eigenvalue weighted by molar-refractivity contribution is 5.49. The summed E-state index contributed by atoms with van der Waals surface area (Å²) in [6.45, 7) is 0.903. The average Bonchev–Trinajstić information content (AvgIpc) is 3.10. The van der Waals surface area contributed by atoms with Gasteiger partial charge in [-0.2, -0.15) is 5.26 Å². The Morgan fingerprint density at radius 1 is 1.22 bits per heavy atom. The minimum Gasteiger partial charge on any atom is -0.497 e. The second-order valence-corrected chi connectivity index (χ2v) is 5.33. The Bertz CT molecular complexity index is 724. The first kappa shape index (κ1) is 15.1. The van der Waals surface area contributed by atoms with E-state index in [2.05, 4.69) is 14.9 Å². The molecule has 0 amide bonds. The standard InChI is InChI=1S/C17H18N4O2/c1-22-13-5-6-14(16(8-13)23-2)15-4-3-7-21(15)17-11-19-12(9-18)10-20-17/h5-6,8,10-11,15H,3-4,7H2,1-2H3. The molecule has 0 radical (unpaired) electrons. The van der Waals surface area contributed by atoms with Gasteiger partial charge in [0.25, 0.3) is 0 Å². The van der Waals surface area contributed by atoms with Crippen LogP contribution in [0.25, 0.3) is 0 Å². The van der Waals surface area contributed by atoms with Crippen LogP contribution in [-0.2, 0) is 0 Å². The Kier molecular flexibility index (Phi) is 4.29. The largest absolute Gasteiger partial charge is 0.497 e. The molecule has 0 aliphatic carbocycles. The predicted octanol–water partition coefficient (Wildman–Crippen LogP) is 2.71. The quantitative estimate of drug-likeness (QED) is 0.864. The lowest BCUT2D eigenvalue weighted by molar-refractivity contribution is 0.388. The van der Waals surface area contributed by atoms with E-state index < -0.39 is 0 Å². The number of methoxy groups -OCH3 is 2. The Balaban J connectivity index is 1.93. The molecule has 6 heteroatoms. The van der Waals surface area contributed by atoms with Gasteiger partial charge in [0, 0.05) is 18.2 Å². The third-order valence-corrected chi connectivity index (χ3v) is 4.10.